The third kappa shape index (κ3) is 6.94. The summed E-state index contributed by atoms with van der Waals surface area (Å²) < 4.78 is 13.4. The summed E-state index contributed by atoms with van der Waals surface area (Å²) in [4.78, 5) is 31.2. The monoisotopic (exact) mass is 706 g/mol. The van der Waals surface area contributed by atoms with E-state index in [-0.39, 0.29) is 12.5 Å². The van der Waals surface area contributed by atoms with Gasteiger partial charge < -0.3 is 25.1 Å². The number of anilines is 3. The molecule has 7 rings (SSSR count). The predicted octanol–water partition coefficient (Wildman–Crippen LogP) is 9.59. The highest BCUT2D eigenvalue weighted by atomic mass is 35.5. The highest BCUT2D eigenvalue weighted by Gasteiger charge is 2.25. The van der Waals surface area contributed by atoms with Gasteiger partial charge in [-0.1, -0.05) is 65.7 Å². The second-order valence-electron chi connectivity index (χ2n) is 12.7. The van der Waals surface area contributed by atoms with Crippen LogP contribution in [0.2, 0.25) is 10.0 Å². The summed E-state index contributed by atoms with van der Waals surface area (Å²) in [6.07, 6.45) is 1.07. The van der Waals surface area contributed by atoms with Gasteiger partial charge in [0.05, 0.1) is 33.4 Å². The molecule has 10 nitrogen and oxygen atoms in total. The molecule has 3 aromatic heterocycles. The molecule has 0 bridgehead atoms. The molecule has 3 N–H and O–H groups in total. The van der Waals surface area contributed by atoms with Crippen molar-refractivity contribution in [1.82, 2.24) is 19.9 Å². The van der Waals surface area contributed by atoms with Crippen molar-refractivity contribution in [2.75, 3.05) is 17.2 Å². The van der Waals surface area contributed by atoms with Crippen LogP contribution in [0.25, 0.3) is 38.7 Å². The number of para-hydroxylation sites is 2. The fraction of sp³-hybridized carbons (Fsp3) is 0.158. The number of rotatable bonds is 8. The molecule has 50 heavy (non-hydrogen) atoms. The van der Waals surface area contributed by atoms with Crippen LogP contribution in [0.1, 0.15) is 32.3 Å². The molecule has 0 aliphatic heterocycles. The Morgan fingerprint density at radius 2 is 1.66 bits per heavy atom. The Labute approximate surface area is 297 Å². The van der Waals surface area contributed by atoms with Crippen molar-refractivity contribution in [3.8, 4) is 11.3 Å². The second kappa shape index (κ2) is 13.4. The molecule has 3 heterocycles. The topological polar surface area (TPSA) is 123 Å². The number of nitrogens with zero attached hydrogens (tertiary/aromatic N) is 3. The average molecular weight is 708 g/mol. The number of carbonyl (C=O) groups excluding carboxylic acids is 2. The summed E-state index contributed by atoms with van der Waals surface area (Å²) in [5.74, 6) is -0.712. The highest BCUT2D eigenvalue weighted by Crippen LogP contribution is 2.36. The molecule has 1 unspecified atom stereocenters. The van der Waals surface area contributed by atoms with E-state index in [2.05, 4.69) is 21.0 Å². The minimum absolute atomic E-state index is 0.0391. The zero-order valence-corrected chi connectivity index (χ0v) is 28.8. The van der Waals surface area contributed by atoms with Crippen LogP contribution in [0.4, 0.5) is 22.1 Å². The second-order valence-corrected chi connectivity index (χ2v) is 13.5. The summed E-state index contributed by atoms with van der Waals surface area (Å²) in [5.41, 5.74) is 4.98. The van der Waals surface area contributed by atoms with Gasteiger partial charge in [0, 0.05) is 34.3 Å². The smallest absolute Gasteiger partial charge is 0.407 e. The average Bonchev–Trinajstić information content (AvgIpc) is 3.71. The molecule has 0 saturated heterocycles. The summed E-state index contributed by atoms with van der Waals surface area (Å²) in [6, 6.07) is 30.0. The van der Waals surface area contributed by atoms with E-state index in [1.54, 1.807) is 61.8 Å². The van der Waals surface area contributed by atoms with Crippen LogP contribution in [-0.2, 0) is 9.53 Å². The lowest BCUT2D eigenvalue weighted by Crippen LogP contribution is -2.37. The largest absolute Gasteiger partial charge is 0.455 e. The molecule has 0 aliphatic carbocycles. The van der Waals surface area contributed by atoms with E-state index in [0.29, 0.717) is 38.6 Å². The number of alkyl carbamates (subject to hydrolysis) is 1. The lowest BCUT2D eigenvalue weighted by molar-refractivity contribution is -0.117. The first kappa shape index (κ1) is 32.9. The van der Waals surface area contributed by atoms with Crippen molar-refractivity contribution in [2.45, 2.75) is 32.3 Å². The first-order chi connectivity index (χ1) is 24.0. The summed E-state index contributed by atoms with van der Waals surface area (Å²) in [7, 11) is 0. The van der Waals surface area contributed by atoms with Gasteiger partial charge in [0.1, 0.15) is 16.8 Å². The van der Waals surface area contributed by atoms with Crippen LogP contribution in [0.3, 0.4) is 0 Å². The van der Waals surface area contributed by atoms with Gasteiger partial charge in [-0.3, -0.25) is 4.79 Å². The van der Waals surface area contributed by atoms with E-state index in [4.69, 9.17) is 37.3 Å². The van der Waals surface area contributed by atoms with Crippen LogP contribution in [-0.4, -0.2) is 38.7 Å². The van der Waals surface area contributed by atoms with Gasteiger partial charge in [-0.25, -0.2) is 14.3 Å². The number of halogens is 2. The number of hydrogen-bond acceptors (Lipinski definition) is 7. The Morgan fingerprint density at radius 1 is 0.880 bits per heavy atom. The van der Waals surface area contributed by atoms with E-state index in [1.165, 1.54) is 0 Å². The van der Waals surface area contributed by atoms with Crippen LogP contribution in [0, 0.1) is 0 Å². The molecule has 252 valence electrons. The van der Waals surface area contributed by atoms with E-state index in [0.717, 1.165) is 33.0 Å². The standard InChI is InChI=1S/C38H32Cl2N6O4/c1-38(2,3)50-37(48)41-21-29(22-14-15-30(39)31(40)18-22)35(47)43-23-8-6-9-24(19-23)44-36-45-32(20-25-16-17-42-46(25)36)28-12-7-11-27-26-10-4-5-13-33(26)49-34(27)28/h4-20,29H,21H2,1-3H3,(H,41,48)(H,43,47)(H,44,45). The fourth-order valence-electron chi connectivity index (χ4n) is 5.73. The van der Waals surface area contributed by atoms with Crippen LogP contribution >= 0.6 is 23.2 Å². The number of benzene rings is 4. The van der Waals surface area contributed by atoms with E-state index in [9.17, 15) is 9.59 Å². The summed E-state index contributed by atoms with van der Waals surface area (Å²) in [6.45, 7) is 5.26. The zero-order valence-electron chi connectivity index (χ0n) is 27.3. The SMILES string of the molecule is CC(C)(C)OC(=O)NCC(C(=O)Nc1cccc(Nc2nc(-c3cccc4c3oc3ccccc34)cc3ccnn23)c1)c1ccc(Cl)c(Cl)c1. The molecule has 0 radical (unpaired) electrons. The van der Waals surface area contributed by atoms with Crippen molar-refractivity contribution >= 4 is 80.0 Å². The molecular formula is C38H32Cl2N6O4. The van der Waals surface area contributed by atoms with Gasteiger partial charge in [0.15, 0.2) is 0 Å². The van der Waals surface area contributed by atoms with Gasteiger partial charge in [0.25, 0.3) is 0 Å². The maximum Gasteiger partial charge on any atom is 0.407 e. The van der Waals surface area contributed by atoms with Crippen LogP contribution in [0.5, 0.6) is 0 Å². The molecule has 2 amide bonds. The maximum atomic E-state index is 13.8. The third-order valence-electron chi connectivity index (χ3n) is 7.96. The van der Waals surface area contributed by atoms with Crippen molar-refractivity contribution in [3.63, 3.8) is 0 Å². The number of furan rings is 1. The molecule has 0 spiro atoms. The van der Waals surface area contributed by atoms with Gasteiger partial charge >= 0.3 is 6.09 Å². The normalized spacial score (nSPS) is 12.3. The molecule has 0 fully saturated rings. The Hall–Kier alpha value is -5.58. The molecule has 0 saturated carbocycles. The number of carbonyl (C=O) groups is 2. The molecule has 7 aromatic rings. The van der Waals surface area contributed by atoms with Crippen molar-refractivity contribution < 1.29 is 18.7 Å². The number of aromatic nitrogens is 3. The van der Waals surface area contributed by atoms with Gasteiger partial charge in [-0.2, -0.15) is 5.10 Å². The number of amides is 2. The number of hydrogen-bond donors (Lipinski definition) is 3. The minimum Gasteiger partial charge on any atom is -0.455 e. The van der Waals surface area contributed by atoms with Crippen LogP contribution in [0.15, 0.2) is 108 Å². The molecule has 4 aromatic carbocycles. The Morgan fingerprint density at radius 3 is 2.48 bits per heavy atom. The van der Waals surface area contributed by atoms with Gasteiger partial charge in [0.2, 0.25) is 11.9 Å². The quantitative estimate of drug-likeness (QED) is 0.144. The van der Waals surface area contributed by atoms with Gasteiger partial charge in [-0.05, 0) is 80.9 Å². The first-order valence-corrected chi connectivity index (χ1v) is 16.6. The zero-order chi connectivity index (χ0) is 35.0. The van der Waals surface area contributed by atoms with Crippen LogP contribution < -0.4 is 16.0 Å². The van der Waals surface area contributed by atoms with Gasteiger partial charge in [-0.15, -0.1) is 0 Å². The van der Waals surface area contributed by atoms with Crippen molar-refractivity contribution in [3.05, 3.63) is 119 Å². The highest BCUT2D eigenvalue weighted by molar-refractivity contribution is 6.42. The van der Waals surface area contributed by atoms with Crippen molar-refractivity contribution in [2.24, 2.45) is 0 Å². The summed E-state index contributed by atoms with van der Waals surface area (Å²) in [5, 5.41) is 16.2. The lowest BCUT2D eigenvalue weighted by Gasteiger charge is -2.22. The number of nitrogens with one attached hydrogen (secondary N) is 3. The maximum absolute atomic E-state index is 13.8. The third-order valence-corrected chi connectivity index (χ3v) is 8.70. The predicted molar refractivity (Wildman–Crippen MR) is 197 cm³/mol. The molecule has 12 heteroatoms. The number of ether oxygens (including phenoxy) is 1. The lowest BCUT2D eigenvalue weighted by atomic mass is 9.98. The molecule has 0 aliphatic rings. The Kier molecular flexibility index (Phi) is 8.81. The number of fused-ring (bicyclic) bond motifs is 4. The van der Waals surface area contributed by atoms with E-state index < -0.39 is 17.6 Å². The summed E-state index contributed by atoms with van der Waals surface area (Å²) >= 11 is 12.4. The Balaban J connectivity index is 1.16. The first-order valence-electron chi connectivity index (χ1n) is 15.9. The molecular weight excluding hydrogens is 675 g/mol. The minimum atomic E-state index is -0.808. The van der Waals surface area contributed by atoms with E-state index >= 15 is 0 Å². The van der Waals surface area contributed by atoms with E-state index in [1.807, 2.05) is 66.7 Å². The van der Waals surface area contributed by atoms with Crippen molar-refractivity contribution in [1.29, 1.82) is 0 Å². The molecule has 1 atom stereocenters. The fourth-order valence-corrected chi connectivity index (χ4v) is 6.03. The Bertz CT molecular complexity index is 2400.